The van der Waals surface area contributed by atoms with Gasteiger partial charge in [-0.3, -0.25) is 9.59 Å². The van der Waals surface area contributed by atoms with Crippen LogP contribution < -0.4 is 16.1 Å². The molecule has 0 spiro atoms. The first-order valence-corrected chi connectivity index (χ1v) is 11.6. The number of pyridine rings is 1. The predicted molar refractivity (Wildman–Crippen MR) is 122 cm³/mol. The van der Waals surface area contributed by atoms with Crippen LogP contribution in [0.3, 0.4) is 0 Å². The number of halogens is 1. The number of nitrogens with zero attached hydrogens (tertiary/aromatic N) is 2. The van der Waals surface area contributed by atoms with Crippen LogP contribution in [0.1, 0.15) is 67.9 Å². The fourth-order valence-electron chi connectivity index (χ4n) is 5.01. The number of carboxylic acids is 1. The number of benzene rings is 1. The summed E-state index contributed by atoms with van der Waals surface area (Å²) < 4.78 is 22.7. The van der Waals surface area contributed by atoms with E-state index >= 15 is 4.39 Å². The van der Waals surface area contributed by atoms with Gasteiger partial charge >= 0.3 is 11.9 Å². The van der Waals surface area contributed by atoms with E-state index in [1.165, 1.54) is 12.3 Å². The molecule has 0 unspecified atom stereocenters. The van der Waals surface area contributed by atoms with Gasteiger partial charge in [0.2, 0.25) is 5.43 Å². The van der Waals surface area contributed by atoms with Gasteiger partial charge in [0, 0.05) is 49.1 Å². The van der Waals surface area contributed by atoms with Crippen LogP contribution in [0.4, 0.5) is 10.1 Å². The molecular weight excluding hydrogens is 429 g/mol. The summed E-state index contributed by atoms with van der Waals surface area (Å²) >= 11 is 0. The highest BCUT2D eigenvalue weighted by Crippen LogP contribution is 2.39. The Morgan fingerprint density at radius 2 is 2.00 bits per heavy atom. The Balaban J connectivity index is 1.65. The average molecular weight is 460 g/mol. The van der Waals surface area contributed by atoms with Crippen LogP contribution in [0.15, 0.2) is 17.1 Å². The second-order valence-corrected chi connectivity index (χ2v) is 9.07. The van der Waals surface area contributed by atoms with Gasteiger partial charge in [0.15, 0.2) is 0 Å². The zero-order valence-electron chi connectivity index (χ0n) is 19.0. The maximum atomic E-state index is 15.4. The molecule has 8 nitrogen and oxygen atoms in total. The van der Waals surface area contributed by atoms with Crippen molar-refractivity contribution >= 4 is 28.5 Å². The Hall–Kier alpha value is -2.94. The smallest absolute Gasteiger partial charge is 0.341 e. The minimum atomic E-state index is -1.32. The van der Waals surface area contributed by atoms with Gasteiger partial charge in [-0.1, -0.05) is 13.3 Å². The number of carbonyl (C=O) groups excluding carboxylic acids is 1. The number of carbonyl (C=O) groups is 2. The van der Waals surface area contributed by atoms with Gasteiger partial charge < -0.3 is 25.0 Å². The van der Waals surface area contributed by atoms with Gasteiger partial charge in [-0.05, 0) is 32.3 Å². The minimum Gasteiger partial charge on any atom is -0.477 e. The summed E-state index contributed by atoms with van der Waals surface area (Å²) in [6.45, 7) is 4.93. The first-order chi connectivity index (χ1) is 15.7. The summed E-state index contributed by atoms with van der Waals surface area (Å²) in [5, 5.41) is 9.54. The van der Waals surface area contributed by atoms with Crippen LogP contribution in [-0.2, 0) is 16.0 Å². The number of aromatic nitrogens is 1. The standard InChI is InChI=1S/C24H30FN3O5/c1-3-4-19(26)24(32)33-14-7-9-27(10-8-14)21-15-6-5-13(2)28-12-17(23(30)31)22(29)16(20(15)28)11-18(21)25/h11-14,19H,3-10,26H2,1-2H3,(H,30,31)/t13-,19+/m0/s1. The molecule has 0 aliphatic carbocycles. The van der Waals surface area contributed by atoms with Gasteiger partial charge in [-0.2, -0.15) is 0 Å². The molecule has 0 amide bonds. The Labute approximate surface area is 191 Å². The lowest BCUT2D eigenvalue weighted by Gasteiger charge is -2.37. The van der Waals surface area contributed by atoms with Crippen molar-refractivity contribution in [2.45, 2.75) is 70.6 Å². The molecule has 2 aromatic rings. The SMILES string of the molecule is CCC[C@@H](N)C(=O)OC1CCN(c2c(F)cc3c(=O)c(C(=O)O)cn4c3c2CC[C@@H]4C)CC1. The number of ether oxygens (including phenoxy) is 1. The third kappa shape index (κ3) is 4.21. The second-order valence-electron chi connectivity index (χ2n) is 9.07. The molecule has 0 saturated carbocycles. The van der Waals surface area contributed by atoms with Gasteiger partial charge in [0.1, 0.15) is 23.5 Å². The molecule has 0 bridgehead atoms. The highest BCUT2D eigenvalue weighted by atomic mass is 19.1. The van der Waals surface area contributed by atoms with E-state index in [4.69, 9.17) is 10.5 Å². The highest BCUT2D eigenvalue weighted by molar-refractivity contribution is 5.95. The number of aromatic carboxylic acids is 1. The zero-order valence-corrected chi connectivity index (χ0v) is 19.0. The molecule has 2 aliphatic rings. The van der Waals surface area contributed by atoms with Crippen LogP contribution in [0.5, 0.6) is 0 Å². The quantitative estimate of drug-likeness (QED) is 0.638. The largest absolute Gasteiger partial charge is 0.477 e. The molecular formula is C24H30FN3O5. The Bertz CT molecular complexity index is 1150. The molecule has 3 N–H and O–H groups in total. The van der Waals surface area contributed by atoms with Crippen molar-refractivity contribution in [3.8, 4) is 0 Å². The van der Waals surface area contributed by atoms with Crippen molar-refractivity contribution in [2.75, 3.05) is 18.0 Å². The Morgan fingerprint density at radius 1 is 1.30 bits per heavy atom. The molecule has 1 aromatic heterocycles. The van der Waals surface area contributed by atoms with Crippen LogP contribution in [0.2, 0.25) is 0 Å². The van der Waals surface area contributed by atoms with Gasteiger partial charge in [-0.25, -0.2) is 9.18 Å². The Morgan fingerprint density at radius 3 is 2.64 bits per heavy atom. The van der Waals surface area contributed by atoms with E-state index in [1.54, 1.807) is 4.57 Å². The maximum absolute atomic E-state index is 15.4. The van der Waals surface area contributed by atoms with E-state index in [0.29, 0.717) is 56.4 Å². The topological polar surface area (TPSA) is 115 Å². The monoisotopic (exact) mass is 459 g/mol. The van der Waals surface area contributed by atoms with E-state index in [2.05, 4.69) is 0 Å². The number of aryl methyl sites for hydroxylation is 1. The molecule has 3 heterocycles. The normalized spacial score (nSPS) is 19.5. The van der Waals surface area contributed by atoms with E-state index in [9.17, 15) is 19.5 Å². The molecule has 178 valence electrons. The van der Waals surface area contributed by atoms with Gasteiger partial charge in [0.25, 0.3) is 0 Å². The molecule has 2 atom stereocenters. The third-order valence-electron chi connectivity index (χ3n) is 6.80. The summed E-state index contributed by atoms with van der Waals surface area (Å²) in [7, 11) is 0. The van der Waals surface area contributed by atoms with Crippen LogP contribution >= 0.6 is 0 Å². The molecule has 1 saturated heterocycles. The fraction of sp³-hybridized carbons (Fsp3) is 0.542. The third-order valence-corrected chi connectivity index (χ3v) is 6.80. The number of hydrogen-bond donors (Lipinski definition) is 2. The number of rotatable bonds is 6. The maximum Gasteiger partial charge on any atom is 0.341 e. The molecule has 2 aliphatic heterocycles. The van der Waals surface area contributed by atoms with Crippen molar-refractivity contribution in [3.63, 3.8) is 0 Å². The van der Waals surface area contributed by atoms with Crippen molar-refractivity contribution in [3.05, 3.63) is 39.4 Å². The molecule has 1 fully saturated rings. The number of nitrogens with two attached hydrogens (primary N) is 1. The van der Waals surface area contributed by atoms with Gasteiger partial charge in [0.05, 0.1) is 11.2 Å². The Kier molecular flexibility index (Phi) is 6.43. The molecule has 4 rings (SSSR count). The first kappa shape index (κ1) is 23.2. The van der Waals surface area contributed by atoms with Crippen molar-refractivity contribution < 1.29 is 23.8 Å². The zero-order chi connectivity index (χ0) is 23.9. The molecule has 1 aromatic carbocycles. The summed E-state index contributed by atoms with van der Waals surface area (Å²) in [6, 6.07) is 0.548. The average Bonchev–Trinajstić information content (AvgIpc) is 2.78. The van der Waals surface area contributed by atoms with Gasteiger partial charge in [-0.15, -0.1) is 0 Å². The molecule has 33 heavy (non-hydrogen) atoms. The predicted octanol–water partition coefficient (Wildman–Crippen LogP) is 2.99. The van der Waals surface area contributed by atoms with Crippen molar-refractivity contribution in [1.82, 2.24) is 4.57 Å². The number of hydrogen-bond acceptors (Lipinski definition) is 6. The number of anilines is 1. The van der Waals surface area contributed by atoms with Crippen LogP contribution in [0, 0.1) is 5.82 Å². The fourth-order valence-corrected chi connectivity index (χ4v) is 5.01. The van der Waals surface area contributed by atoms with E-state index in [1.807, 2.05) is 18.7 Å². The lowest BCUT2D eigenvalue weighted by Crippen LogP contribution is -2.42. The number of carboxylic acid groups (broad SMARTS) is 1. The minimum absolute atomic E-state index is 0.00510. The number of piperidine rings is 1. The summed E-state index contributed by atoms with van der Waals surface area (Å²) in [5.41, 5.74) is 6.64. The summed E-state index contributed by atoms with van der Waals surface area (Å²) in [4.78, 5) is 38.4. The first-order valence-electron chi connectivity index (χ1n) is 11.6. The van der Waals surface area contributed by atoms with E-state index in [-0.39, 0.29) is 23.1 Å². The van der Waals surface area contributed by atoms with Crippen molar-refractivity contribution in [2.24, 2.45) is 5.73 Å². The lowest BCUT2D eigenvalue weighted by atomic mass is 9.93. The summed E-state index contributed by atoms with van der Waals surface area (Å²) in [6.07, 6.45) is 4.93. The number of esters is 1. The lowest BCUT2D eigenvalue weighted by molar-refractivity contribution is -0.151. The second kappa shape index (κ2) is 9.13. The summed E-state index contributed by atoms with van der Waals surface area (Å²) in [5.74, 6) is -2.24. The van der Waals surface area contributed by atoms with Crippen molar-refractivity contribution in [1.29, 1.82) is 0 Å². The van der Waals surface area contributed by atoms with E-state index in [0.717, 1.165) is 12.0 Å². The van der Waals surface area contributed by atoms with E-state index < -0.39 is 29.2 Å². The van der Waals surface area contributed by atoms with Crippen LogP contribution in [-0.4, -0.2) is 46.8 Å². The highest BCUT2D eigenvalue weighted by Gasteiger charge is 2.31. The van der Waals surface area contributed by atoms with Crippen LogP contribution in [0.25, 0.3) is 10.9 Å². The molecule has 0 radical (unpaired) electrons. The molecule has 9 heteroatoms.